The van der Waals surface area contributed by atoms with Crippen molar-refractivity contribution in [1.82, 2.24) is 4.98 Å². The molecule has 1 N–H and O–H groups in total. The number of pyridine rings is 1. The molecule has 0 saturated carbocycles. The third-order valence-electron chi connectivity index (χ3n) is 3.21. The lowest BCUT2D eigenvalue weighted by atomic mass is 10.0. The molecule has 0 aliphatic rings. The highest BCUT2D eigenvalue weighted by Crippen LogP contribution is 2.26. The third-order valence-corrected chi connectivity index (χ3v) is 3.85. The molecule has 1 unspecified atom stereocenters. The van der Waals surface area contributed by atoms with Crippen LogP contribution in [0.15, 0.2) is 36.5 Å². The number of halogens is 2. The molecule has 106 valence electrons. The Morgan fingerprint density at radius 2 is 1.90 bits per heavy atom. The van der Waals surface area contributed by atoms with Crippen LogP contribution in [0.5, 0.6) is 0 Å². The van der Waals surface area contributed by atoms with Crippen molar-refractivity contribution in [2.45, 2.75) is 32.7 Å². The summed E-state index contributed by atoms with van der Waals surface area (Å²) in [5.41, 5.74) is 3.19. The molecule has 0 amide bonds. The van der Waals surface area contributed by atoms with E-state index in [1.807, 2.05) is 25.1 Å². The number of aromatic nitrogens is 1. The normalized spacial score (nSPS) is 12.2. The van der Waals surface area contributed by atoms with Gasteiger partial charge < -0.3 is 5.32 Å². The van der Waals surface area contributed by atoms with Crippen molar-refractivity contribution >= 4 is 28.9 Å². The minimum atomic E-state index is 0.250. The number of benzene rings is 1. The summed E-state index contributed by atoms with van der Waals surface area (Å²) in [6.07, 6.45) is 3.91. The zero-order valence-corrected chi connectivity index (χ0v) is 13.2. The van der Waals surface area contributed by atoms with E-state index in [1.165, 1.54) is 5.56 Å². The van der Waals surface area contributed by atoms with E-state index < -0.39 is 0 Å². The highest BCUT2D eigenvalue weighted by Gasteiger charge is 2.11. The van der Waals surface area contributed by atoms with Crippen LogP contribution in [0.25, 0.3) is 0 Å². The average molecular weight is 309 g/mol. The van der Waals surface area contributed by atoms with E-state index in [-0.39, 0.29) is 6.04 Å². The van der Waals surface area contributed by atoms with Crippen molar-refractivity contribution in [1.29, 1.82) is 0 Å². The van der Waals surface area contributed by atoms with Crippen molar-refractivity contribution < 1.29 is 0 Å². The van der Waals surface area contributed by atoms with E-state index in [0.29, 0.717) is 5.15 Å². The molecular formula is C16H18Cl2N2. The largest absolute Gasteiger partial charge is 0.377 e. The predicted molar refractivity (Wildman–Crippen MR) is 86.7 cm³/mol. The number of rotatable bonds is 5. The molecule has 0 radical (unpaired) electrons. The lowest BCUT2D eigenvalue weighted by Gasteiger charge is -2.20. The SMILES string of the molecule is CCCC(Nc1cnc(Cl)c(C)c1)c1ccc(Cl)cc1. The Balaban J connectivity index is 2.20. The van der Waals surface area contributed by atoms with E-state index >= 15 is 0 Å². The Hall–Kier alpha value is -1.25. The summed E-state index contributed by atoms with van der Waals surface area (Å²) in [4.78, 5) is 4.18. The minimum Gasteiger partial charge on any atom is -0.377 e. The van der Waals surface area contributed by atoms with Crippen LogP contribution < -0.4 is 5.32 Å². The standard InChI is InChI=1S/C16H18Cl2N2/c1-3-4-15(12-5-7-13(17)8-6-12)20-14-9-11(2)16(18)19-10-14/h5-10,15,20H,3-4H2,1-2H3. The van der Waals surface area contributed by atoms with Crippen molar-refractivity contribution in [3.63, 3.8) is 0 Å². The molecule has 4 heteroatoms. The molecular weight excluding hydrogens is 291 g/mol. The molecule has 2 nitrogen and oxygen atoms in total. The average Bonchev–Trinajstić information content (AvgIpc) is 2.43. The first-order valence-electron chi connectivity index (χ1n) is 6.74. The highest BCUT2D eigenvalue weighted by atomic mass is 35.5. The van der Waals surface area contributed by atoms with Gasteiger partial charge in [-0.2, -0.15) is 0 Å². The second kappa shape index (κ2) is 6.96. The number of nitrogens with zero attached hydrogens (tertiary/aromatic N) is 1. The van der Waals surface area contributed by atoms with Crippen LogP contribution >= 0.6 is 23.2 Å². The minimum absolute atomic E-state index is 0.250. The summed E-state index contributed by atoms with van der Waals surface area (Å²) in [5, 5.41) is 4.83. The molecule has 0 bridgehead atoms. The Morgan fingerprint density at radius 1 is 1.20 bits per heavy atom. The summed E-state index contributed by atoms with van der Waals surface area (Å²) in [6.45, 7) is 4.13. The first kappa shape index (κ1) is 15.1. The number of nitrogens with one attached hydrogen (secondary N) is 1. The Labute approximate surface area is 130 Å². The summed E-state index contributed by atoms with van der Waals surface area (Å²) in [5.74, 6) is 0. The molecule has 1 atom stereocenters. The van der Waals surface area contributed by atoms with Gasteiger partial charge >= 0.3 is 0 Å². The van der Waals surface area contributed by atoms with E-state index in [0.717, 1.165) is 29.1 Å². The molecule has 1 aromatic heterocycles. The van der Waals surface area contributed by atoms with Gasteiger partial charge in [0.2, 0.25) is 0 Å². The van der Waals surface area contributed by atoms with Crippen LogP contribution in [0.3, 0.4) is 0 Å². The molecule has 2 rings (SSSR count). The Morgan fingerprint density at radius 3 is 2.50 bits per heavy atom. The van der Waals surface area contributed by atoms with Crippen molar-refractivity contribution in [3.8, 4) is 0 Å². The fraction of sp³-hybridized carbons (Fsp3) is 0.312. The zero-order chi connectivity index (χ0) is 14.5. The topological polar surface area (TPSA) is 24.9 Å². The molecule has 0 aliphatic heterocycles. The van der Waals surface area contributed by atoms with Crippen LogP contribution in [-0.4, -0.2) is 4.98 Å². The van der Waals surface area contributed by atoms with Crippen molar-refractivity contribution in [2.75, 3.05) is 5.32 Å². The quantitative estimate of drug-likeness (QED) is 0.722. The van der Waals surface area contributed by atoms with Crippen LogP contribution in [0.2, 0.25) is 10.2 Å². The predicted octanol–water partition coefficient (Wildman–Crippen LogP) is 5.65. The number of hydrogen-bond donors (Lipinski definition) is 1. The van der Waals surface area contributed by atoms with Gasteiger partial charge in [0.1, 0.15) is 5.15 Å². The lowest BCUT2D eigenvalue weighted by molar-refractivity contribution is 0.677. The van der Waals surface area contributed by atoms with E-state index in [4.69, 9.17) is 23.2 Å². The fourth-order valence-corrected chi connectivity index (χ4v) is 2.37. The summed E-state index contributed by atoms with van der Waals surface area (Å²) < 4.78 is 0. The lowest BCUT2D eigenvalue weighted by Crippen LogP contribution is -2.11. The molecule has 0 spiro atoms. The number of anilines is 1. The molecule has 0 fully saturated rings. The van der Waals surface area contributed by atoms with Crippen LogP contribution in [0, 0.1) is 6.92 Å². The molecule has 2 aromatic rings. The van der Waals surface area contributed by atoms with Crippen LogP contribution in [0.1, 0.15) is 36.9 Å². The molecule has 1 aromatic carbocycles. The van der Waals surface area contributed by atoms with Crippen LogP contribution in [0.4, 0.5) is 5.69 Å². The molecule has 0 aliphatic carbocycles. The van der Waals surface area contributed by atoms with Gasteiger partial charge in [-0.25, -0.2) is 4.98 Å². The van der Waals surface area contributed by atoms with E-state index in [9.17, 15) is 0 Å². The first-order chi connectivity index (χ1) is 9.60. The number of hydrogen-bond acceptors (Lipinski definition) is 2. The summed E-state index contributed by atoms with van der Waals surface area (Å²) in [6, 6.07) is 10.2. The second-order valence-corrected chi connectivity index (χ2v) is 5.66. The number of aryl methyl sites for hydroxylation is 1. The van der Waals surface area contributed by atoms with Gasteiger partial charge in [0, 0.05) is 5.02 Å². The maximum atomic E-state index is 5.96. The zero-order valence-electron chi connectivity index (χ0n) is 11.7. The van der Waals surface area contributed by atoms with Gasteiger partial charge in [0.25, 0.3) is 0 Å². The van der Waals surface area contributed by atoms with Gasteiger partial charge in [-0.3, -0.25) is 0 Å². The molecule has 0 saturated heterocycles. The third kappa shape index (κ3) is 3.87. The fourth-order valence-electron chi connectivity index (χ4n) is 2.14. The van der Waals surface area contributed by atoms with Crippen molar-refractivity contribution in [2.24, 2.45) is 0 Å². The first-order valence-corrected chi connectivity index (χ1v) is 7.50. The maximum Gasteiger partial charge on any atom is 0.132 e. The van der Waals surface area contributed by atoms with Gasteiger partial charge in [0.15, 0.2) is 0 Å². The van der Waals surface area contributed by atoms with Crippen LogP contribution in [-0.2, 0) is 0 Å². The van der Waals surface area contributed by atoms with Gasteiger partial charge in [0.05, 0.1) is 17.9 Å². The van der Waals surface area contributed by atoms with Gasteiger partial charge in [-0.05, 0) is 42.7 Å². The van der Waals surface area contributed by atoms with E-state index in [1.54, 1.807) is 6.20 Å². The summed E-state index contributed by atoms with van der Waals surface area (Å²) in [7, 11) is 0. The molecule has 1 heterocycles. The van der Waals surface area contributed by atoms with Gasteiger partial charge in [-0.1, -0.05) is 48.7 Å². The Bertz CT molecular complexity index is 567. The summed E-state index contributed by atoms with van der Waals surface area (Å²) >= 11 is 11.9. The highest BCUT2D eigenvalue weighted by molar-refractivity contribution is 6.30. The second-order valence-electron chi connectivity index (χ2n) is 4.87. The smallest absolute Gasteiger partial charge is 0.132 e. The monoisotopic (exact) mass is 308 g/mol. The Kier molecular flexibility index (Phi) is 5.27. The van der Waals surface area contributed by atoms with E-state index in [2.05, 4.69) is 29.4 Å². The maximum absolute atomic E-state index is 5.96. The van der Waals surface area contributed by atoms with Crippen molar-refractivity contribution in [3.05, 3.63) is 57.8 Å². The van der Waals surface area contributed by atoms with Gasteiger partial charge in [-0.15, -0.1) is 0 Å². The molecule has 20 heavy (non-hydrogen) atoms.